The van der Waals surface area contributed by atoms with Gasteiger partial charge in [-0.15, -0.1) is 0 Å². The third-order valence-corrected chi connectivity index (χ3v) is 3.35. The maximum absolute atomic E-state index is 12.3. The number of hydrogen-bond donors (Lipinski definition) is 1. The second-order valence-corrected chi connectivity index (χ2v) is 4.54. The van der Waals surface area contributed by atoms with E-state index in [9.17, 15) is 4.79 Å². The Morgan fingerprint density at radius 2 is 2.17 bits per heavy atom. The van der Waals surface area contributed by atoms with Crippen molar-refractivity contribution in [1.29, 1.82) is 0 Å². The first-order valence-corrected chi connectivity index (χ1v) is 6.35. The number of carbonyl (C=O) groups excluding carboxylic acids is 1. The van der Waals surface area contributed by atoms with Gasteiger partial charge in [0.05, 0.1) is 12.6 Å². The lowest BCUT2D eigenvalue weighted by molar-refractivity contribution is -0.155. The molecule has 0 bridgehead atoms. The number of carbonyl (C=O) groups is 1. The molecule has 0 aliphatic carbocycles. The lowest BCUT2D eigenvalue weighted by Gasteiger charge is -2.36. The summed E-state index contributed by atoms with van der Waals surface area (Å²) < 4.78 is 5.49. The molecule has 1 fully saturated rings. The molecule has 2 rings (SSSR count). The normalized spacial score (nSPS) is 22.0. The quantitative estimate of drug-likeness (QED) is 0.870. The van der Waals surface area contributed by atoms with Gasteiger partial charge in [-0.1, -0.05) is 30.3 Å². The molecule has 1 heterocycles. The molecular formula is C14H20N2O2. The summed E-state index contributed by atoms with van der Waals surface area (Å²) in [5, 5.41) is 2.99. The molecule has 0 radical (unpaired) electrons. The van der Waals surface area contributed by atoms with Crippen molar-refractivity contribution in [2.45, 2.75) is 19.1 Å². The predicted molar refractivity (Wildman–Crippen MR) is 70.2 cm³/mol. The van der Waals surface area contributed by atoms with Crippen LogP contribution in [0.15, 0.2) is 30.3 Å². The summed E-state index contributed by atoms with van der Waals surface area (Å²) in [6.07, 6.45) is -0.352. The van der Waals surface area contributed by atoms with Gasteiger partial charge in [0.2, 0.25) is 0 Å². The van der Waals surface area contributed by atoms with Gasteiger partial charge in [0.1, 0.15) is 6.10 Å². The van der Waals surface area contributed by atoms with Crippen molar-refractivity contribution >= 4 is 5.91 Å². The van der Waals surface area contributed by atoms with Crippen LogP contribution in [-0.4, -0.2) is 43.7 Å². The number of morpholine rings is 1. The van der Waals surface area contributed by atoms with Gasteiger partial charge in [-0.05, 0) is 19.5 Å². The lowest BCUT2D eigenvalue weighted by atomic mass is 10.1. The molecule has 1 aromatic rings. The first-order valence-electron chi connectivity index (χ1n) is 6.35. The molecule has 1 N–H and O–H groups in total. The van der Waals surface area contributed by atoms with Gasteiger partial charge in [0.15, 0.2) is 0 Å². The Bertz CT molecular complexity index is 392. The van der Waals surface area contributed by atoms with E-state index in [2.05, 4.69) is 24.4 Å². The molecule has 1 saturated heterocycles. The van der Waals surface area contributed by atoms with Crippen LogP contribution < -0.4 is 5.32 Å². The van der Waals surface area contributed by atoms with E-state index in [1.165, 1.54) is 0 Å². The fourth-order valence-corrected chi connectivity index (χ4v) is 2.29. The van der Waals surface area contributed by atoms with E-state index >= 15 is 0 Å². The maximum atomic E-state index is 12.3. The van der Waals surface area contributed by atoms with Crippen LogP contribution in [0.4, 0.5) is 0 Å². The number of nitrogens with zero attached hydrogens (tertiary/aromatic N) is 1. The van der Waals surface area contributed by atoms with Crippen LogP contribution in [0, 0.1) is 0 Å². The Morgan fingerprint density at radius 3 is 2.83 bits per heavy atom. The molecular weight excluding hydrogens is 228 g/mol. The van der Waals surface area contributed by atoms with E-state index in [4.69, 9.17) is 4.74 Å². The standard InChI is InChI=1S/C14H20N2O2/c1-11(12-6-4-3-5-7-12)16-8-9-18-13(10-15-2)14(16)17/h3-7,11,13,15H,8-10H2,1-2H3. The van der Waals surface area contributed by atoms with Crippen molar-refractivity contribution in [3.63, 3.8) is 0 Å². The smallest absolute Gasteiger partial charge is 0.253 e. The fraction of sp³-hybridized carbons (Fsp3) is 0.500. The van der Waals surface area contributed by atoms with Crippen molar-refractivity contribution in [3.8, 4) is 0 Å². The van der Waals surface area contributed by atoms with Crippen molar-refractivity contribution in [2.24, 2.45) is 0 Å². The summed E-state index contributed by atoms with van der Waals surface area (Å²) >= 11 is 0. The number of nitrogens with one attached hydrogen (secondary N) is 1. The number of rotatable bonds is 4. The Kier molecular flexibility index (Phi) is 4.33. The molecule has 2 atom stereocenters. The van der Waals surface area contributed by atoms with Gasteiger partial charge >= 0.3 is 0 Å². The average molecular weight is 248 g/mol. The molecule has 18 heavy (non-hydrogen) atoms. The van der Waals surface area contributed by atoms with Gasteiger partial charge in [0, 0.05) is 13.1 Å². The summed E-state index contributed by atoms with van der Waals surface area (Å²) in [5.74, 6) is 0.0759. The van der Waals surface area contributed by atoms with Crippen LogP contribution >= 0.6 is 0 Å². The SMILES string of the molecule is CNCC1OCCN(C(C)c2ccccc2)C1=O. The van der Waals surface area contributed by atoms with Gasteiger partial charge in [0.25, 0.3) is 5.91 Å². The van der Waals surface area contributed by atoms with Crippen LogP contribution in [-0.2, 0) is 9.53 Å². The highest BCUT2D eigenvalue weighted by Gasteiger charge is 2.32. The number of likely N-dealkylation sites (N-methyl/N-ethyl adjacent to an activating group) is 1. The van der Waals surface area contributed by atoms with Crippen molar-refractivity contribution in [1.82, 2.24) is 10.2 Å². The summed E-state index contributed by atoms with van der Waals surface area (Å²) in [5.41, 5.74) is 1.16. The molecule has 4 heteroatoms. The molecule has 1 aliphatic rings. The minimum absolute atomic E-state index is 0.0759. The van der Waals surface area contributed by atoms with Gasteiger partial charge in [-0.2, -0.15) is 0 Å². The molecule has 0 aromatic heterocycles. The highest BCUT2D eigenvalue weighted by molar-refractivity contribution is 5.82. The number of benzene rings is 1. The van der Waals surface area contributed by atoms with Crippen LogP contribution in [0.5, 0.6) is 0 Å². The molecule has 4 nitrogen and oxygen atoms in total. The third-order valence-electron chi connectivity index (χ3n) is 3.35. The molecule has 0 spiro atoms. The molecule has 0 saturated carbocycles. The molecule has 1 aliphatic heterocycles. The number of ether oxygens (including phenoxy) is 1. The molecule has 2 unspecified atom stereocenters. The third kappa shape index (κ3) is 2.71. The van der Waals surface area contributed by atoms with E-state index in [0.717, 1.165) is 5.56 Å². The Hall–Kier alpha value is -1.39. The second-order valence-electron chi connectivity index (χ2n) is 4.54. The monoisotopic (exact) mass is 248 g/mol. The predicted octanol–water partition coefficient (Wildman–Crippen LogP) is 1.19. The second kappa shape index (κ2) is 5.98. The van der Waals surface area contributed by atoms with Crippen LogP contribution in [0.1, 0.15) is 18.5 Å². The zero-order valence-electron chi connectivity index (χ0n) is 10.9. The van der Waals surface area contributed by atoms with Crippen molar-refractivity contribution in [3.05, 3.63) is 35.9 Å². The highest BCUT2D eigenvalue weighted by Crippen LogP contribution is 2.22. The van der Waals surface area contributed by atoms with Crippen LogP contribution in [0.3, 0.4) is 0 Å². The van der Waals surface area contributed by atoms with E-state index < -0.39 is 0 Å². The first-order chi connectivity index (χ1) is 8.74. The van der Waals surface area contributed by atoms with Crippen LogP contribution in [0.25, 0.3) is 0 Å². The Balaban J connectivity index is 2.10. The minimum Gasteiger partial charge on any atom is -0.365 e. The highest BCUT2D eigenvalue weighted by atomic mass is 16.5. The molecule has 1 aromatic carbocycles. The zero-order chi connectivity index (χ0) is 13.0. The summed E-state index contributed by atoms with van der Waals surface area (Å²) in [6.45, 7) is 3.90. The Labute approximate surface area is 108 Å². The van der Waals surface area contributed by atoms with Gasteiger partial charge in [-0.25, -0.2) is 0 Å². The summed E-state index contributed by atoms with van der Waals surface area (Å²) in [4.78, 5) is 14.2. The largest absolute Gasteiger partial charge is 0.365 e. The maximum Gasteiger partial charge on any atom is 0.253 e. The number of hydrogen-bond acceptors (Lipinski definition) is 3. The number of amides is 1. The zero-order valence-corrected chi connectivity index (χ0v) is 10.9. The van der Waals surface area contributed by atoms with E-state index in [0.29, 0.717) is 19.7 Å². The van der Waals surface area contributed by atoms with Crippen molar-refractivity contribution in [2.75, 3.05) is 26.7 Å². The van der Waals surface area contributed by atoms with Crippen LogP contribution in [0.2, 0.25) is 0 Å². The lowest BCUT2D eigenvalue weighted by Crippen LogP contribution is -2.51. The van der Waals surface area contributed by atoms with Crippen molar-refractivity contribution < 1.29 is 9.53 Å². The van der Waals surface area contributed by atoms with E-state index in [1.54, 1.807) is 0 Å². The topological polar surface area (TPSA) is 41.6 Å². The summed E-state index contributed by atoms with van der Waals surface area (Å²) in [6, 6.07) is 10.2. The van der Waals surface area contributed by atoms with E-state index in [1.807, 2.05) is 30.1 Å². The van der Waals surface area contributed by atoms with Gasteiger partial charge < -0.3 is 15.0 Å². The molecule has 1 amide bonds. The molecule has 98 valence electrons. The summed E-state index contributed by atoms with van der Waals surface area (Å²) in [7, 11) is 1.83. The first kappa shape index (κ1) is 13.1. The van der Waals surface area contributed by atoms with E-state index in [-0.39, 0.29) is 18.1 Å². The average Bonchev–Trinajstić information content (AvgIpc) is 2.42. The minimum atomic E-state index is -0.352. The Morgan fingerprint density at radius 1 is 1.44 bits per heavy atom. The fourth-order valence-electron chi connectivity index (χ4n) is 2.29. The van der Waals surface area contributed by atoms with Gasteiger partial charge in [-0.3, -0.25) is 4.79 Å².